The number of carbonyl (C=O) groups is 3. The molecule has 1 fully saturated rings. The number of unbranched alkanes of at least 4 members (excludes halogenated alkanes) is 5. The first-order valence-electron chi connectivity index (χ1n) is 13.9. The third-order valence-electron chi connectivity index (χ3n) is 7.05. The number of rotatable bonds is 14. The van der Waals surface area contributed by atoms with E-state index in [-0.39, 0.29) is 11.8 Å². The van der Waals surface area contributed by atoms with Gasteiger partial charge < -0.3 is 19.5 Å². The molecule has 7 heteroatoms. The summed E-state index contributed by atoms with van der Waals surface area (Å²) >= 11 is 0. The van der Waals surface area contributed by atoms with E-state index in [1.807, 2.05) is 13.8 Å². The highest BCUT2D eigenvalue weighted by Crippen LogP contribution is 2.36. The Bertz CT molecular complexity index is 1060. The average molecular weight is 524 g/mol. The van der Waals surface area contributed by atoms with Gasteiger partial charge in [0.05, 0.1) is 12.2 Å². The lowest BCUT2D eigenvalue weighted by Gasteiger charge is -2.36. The minimum absolute atomic E-state index is 0.141. The third kappa shape index (κ3) is 7.59. The zero-order valence-corrected chi connectivity index (χ0v) is 22.9. The van der Waals surface area contributed by atoms with E-state index in [0.29, 0.717) is 49.3 Å². The van der Waals surface area contributed by atoms with Crippen molar-refractivity contribution in [2.45, 2.75) is 84.1 Å². The summed E-state index contributed by atoms with van der Waals surface area (Å²) in [6.07, 6.45) is 8.71. The van der Waals surface area contributed by atoms with Crippen molar-refractivity contribution in [2.24, 2.45) is 5.92 Å². The van der Waals surface area contributed by atoms with Crippen molar-refractivity contribution in [1.82, 2.24) is 4.90 Å². The smallest absolute Gasteiger partial charge is 0.343 e. The fourth-order valence-electron chi connectivity index (χ4n) is 5.12. The number of hydrogen-bond donors (Lipinski definition) is 1. The molecule has 0 spiro atoms. The van der Waals surface area contributed by atoms with Gasteiger partial charge in [0.15, 0.2) is 0 Å². The Morgan fingerprint density at radius 3 is 2.13 bits per heavy atom. The molecule has 1 N–H and O–H groups in total. The number of nitrogens with zero attached hydrogens (tertiary/aromatic N) is 1. The van der Waals surface area contributed by atoms with Crippen LogP contribution in [0.5, 0.6) is 11.5 Å². The van der Waals surface area contributed by atoms with Crippen LogP contribution in [0.3, 0.4) is 0 Å². The molecular formula is C31H41NO6. The van der Waals surface area contributed by atoms with E-state index in [2.05, 4.69) is 6.92 Å². The van der Waals surface area contributed by atoms with Crippen molar-refractivity contribution >= 4 is 17.8 Å². The summed E-state index contributed by atoms with van der Waals surface area (Å²) in [5, 5.41) is 9.98. The van der Waals surface area contributed by atoms with Gasteiger partial charge in [-0.05, 0) is 80.1 Å². The summed E-state index contributed by atoms with van der Waals surface area (Å²) in [5.74, 6) is -0.616. The van der Waals surface area contributed by atoms with Gasteiger partial charge in [0, 0.05) is 12.1 Å². The molecule has 7 nitrogen and oxygen atoms in total. The Hall–Kier alpha value is -3.35. The van der Waals surface area contributed by atoms with Crippen LogP contribution in [0.25, 0.3) is 0 Å². The fourth-order valence-corrected chi connectivity index (χ4v) is 5.12. The predicted molar refractivity (Wildman–Crippen MR) is 147 cm³/mol. The topological polar surface area (TPSA) is 93.1 Å². The number of hydrogen-bond acceptors (Lipinski definition) is 5. The number of ether oxygens (including phenoxy) is 2. The number of benzene rings is 2. The summed E-state index contributed by atoms with van der Waals surface area (Å²) in [6.45, 7) is 7.20. The first-order valence-corrected chi connectivity index (χ1v) is 13.9. The average Bonchev–Trinajstić information content (AvgIpc) is 3.32. The zero-order chi connectivity index (χ0) is 27.5. The van der Waals surface area contributed by atoms with Crippen molar-refractivity contribution in [3.05, 3.63) is 59.7 Å². The summed E-state index contributed by atoms with van der Waals surface area (Å²) in [4.78, 5) is 39.5. The van der Waals surface area contributed by atoms with Crippen LogP contribution < -0.4 is 9.47 Å². The quantitative estimate of drug-likeness (QED) is 0.167. The Morgan fingerprint density at radius 2 is 1.50 bits per heavy atom. The summed E-state index contributed by atoms with van der Waals surface area (Å²) in [7, 11) is 0. The minimum atomic E-state index is -1.18. The van der Waals surface area contributed by atoms with Crippen molar-refractivity contribution in [1.29, 1.82) is 0 Å². The van der Waals surface area contributed by atoms with Gasteiger partial charge in [-0.2, -0.15) is 0 Å². The Balaban J connectivity index is 1.54. The van der Waals surface area contributed by atoms with Gasteiger partial charge in [0.1, 0.15) is 17.0 Å². The highest BCUT2D eigenvalue weighted by atomic mass is 16.5. The van der Waals surface area contributed by atoms with Crippen LogP contribution >= 0.6 is 0 Å². The fraction of sp³-hybridized carbons (Fsp3) is 0.516. The Kier molecular flexibility index (Phi) is 10.7. The van der Waals surface area contributed by atoms with E-state index >= 15 is 0 Å². The van der Waals surface area contributed by atoms with E-state index in [1.165, 1.54) is 30.6 Å². The molecule has 1 heterocycles. The van der Waals surface area contributed by atoms with Crippen molar-refractivity contribution in [2.75, 3.05) is 13.2 Å². The molecule has 1 atom stereocenters. The monoisotopic (exact) mass is 523 g/mol. The zero-order valence-electron chi connectivity index (χ0n) is 22.9. The lowest BCUT2D eigenvalue weighted by atomic mass is 9.86. The molecule has 1 aliphatic heterocycles. The summed E-state index contributed by atoms with van der Waals surface area (Å²) < 4.78 is 11.2. The van der Waals surface area contributed by atoms with Crippen molar-refractivity contribution < 1.29 is 29.0 Å². The first-order chi connectivity index (χ1) is 18.3. The standard InChI is InChI=1S/C31H41NO6/c1-4-5-6-7-8-9-21-37-26-15-13-25(14-16-26)29(34)38-27-17-11-24(12-18-27)28(33)32-20-10-19-31(32,30(35)36)22-23(2)3/h11-18,23H,4-10,19-22H2,1-3H3,(H,35,36)/t31-/m1/s1. The number of likely N-dealkylation sites (tertiary alicyclic amines) is 1. The molecule has 0 saturated carbocycles. The number of carboxylic acid groups (broad SMARTS) is 1. The molecule has 38 heavy (non-hydrogen) atoms. The number of amides is 1. The van der Waals surface area contributed by atoms with E-state index in [9.17, 15) is 19.5 Å². The molecule has 1 aliphatic rings. The Labute approximate surface area is 226 Å². The van der Waals surface area contributed by atoms with Gasteiger partial charge in [-0.3, -0.25) is 4.79 Å². The van der Waals surface area contributed by atoms with Crippen LogP contribution in [0.4, 0.5) is 0 Å². The van der Waals surface area contributed by atoms with Gasteiger partial charge >= 0.3 is 11.9 Å². The van der Waals surface area contributed by atoms with Gasteiger partial charge in [-0.15, -0.1) is 0 Å². The molecular weight excluding hydrogens is 482 g/mol. The molecule has 0 bridgehead atoms. The normalized spacial score (nSPS) is 17.0. The maximum atomic E-state index is 13.2. The van der Waals surface area contributed by atoms with E-state index in [1.54, 1.807) is 48.5 Å². The van der Waals surface area contributed by atoms with Crippen LogP contribution in [0.15, 0.2) is 48.5 Å². The number of esters is 1. The minimum Gasteiger partial charge on any atom is -0.494 e. The first kappa shape index (κ1) is 29.2. The van der Waals surface area contributed by atoms with E-state index in [4.69, 9.17) is 9.47 Å². The van der Waals surface area contributed by atoms with Crippen LogP contribution in [0.1, 0.15) is 99.3 Å². The van der Waals surface area contributed by atoms with Gasteiger partial charge in [0.2, 0.25) is 0 Å². The van der Waals surface area contributed by atoms with Crippen molar-refractivity contribution in [3.63, 3.8) is 0 Å². The molecule has 206 valence electrons. The number of carboxylic acids is 1. The molecule has 0 radical (unpaired) electrons. The van der Waals surface area contributed by atoms with E-state index < -0.39 is 17.5 Å². The molecule has 2 aromatic carbocycles. The number of carbonyl (C=O) groups excluding carboxylic acids is 2. The third-order valence-corrected chi connectivity index (χ3v) is 7.05. The van der Waals surface area contributed by atoms with Crippen LogP contribution in [0.2, 0.25) is 0 Å². The maximum Gasteiger partial charge on any atom is 0.343 e. The second-order valence-corrected chi connectivity index (χ2v) is 10.5. The molecule has 2 aromatic rings. The second kappa shape index (κ2) is 14.0. The largest absolute Gasteiger partial charge is 0.494 e. The molecule has 1 saturated heterocycles. The highest BCUT2D eigenvalue weighted by Gasteiger charge is 2.50. The van der Waals surface area contributed by atoms with Crippen LogP contribution in [-0.4, -0.2) is 46.5 Å². The number of aliphatic carboxylic acids is 1. The second-order valence-electron chi connectivity index (χ2n) is 10.5. The molecule has 0 unspecified atom stereocenters. The van der Waals surface area contributed by atoms with Gasteiger partial charge in [0.25, 0.3) is 5.91 Å². The molecule has 1 amide bonds. The van der Waals surface area contributed by atoms with Crippen LogP contribution in [-0.2, 0) is 4.79 Å². The predicted octanol–water partition coefficient (Wildman–Crippen LogP) is 6.75. The van der Waals surface area contributed by atoms with Crippen molar-refractivity contribution in [3.8, 4) is 11.5 Å². The van der Waals surface area contributed by atoms with Gasteiger partial charge in [-0.1, -0.05) is 52.9 Å². The lowest BCUT2D eigenvalue weighted by Crippen LogP contribution is -2.53. The maximum absolute atomic E-state index is 13.2. The lowest BCUT2D eigenvalue weighted by molar-refractivity contribution is -0.149. The summed E-state index contributed by atoms with van der Waals surface area (Å²) in [6, 6.07) is 13.1. The molecule has 3 rings (SSSR count). The molecule has 0 aromatic heterocycles. The molecule has 0 aliphatic carbocycles. The van der Waals surface area contributed by atoms with E-state index in [0.717, 1.165) is 18.6 Å². The highest BCUT2D eigenvalue weighted by molar-refractivity contribution is 5.98. The van der Waals surface area contributed by atoms with Gasteiger partial charge in [-0.25, -0.2) is 9.59 Å². The van der Waals surface area contributed by atoms with Crippen LogP contribution in [0, 0.1) is 5.92 Å². The SMILES string of the molecule is CCCCCCCCOc1ccc(C(=O)Oc2ccc(C(=O)N3CCC[C@@]3(CC(C)C)C(=O)O)cc2)cc1. The Morgan fingerprint density at radius 1 is 0.895 bits per heavy atom. The summed E-state index contributed by atoms with van der Waals surface area (Å²) in [5.41, 5.74) is -0.414.